The quantitative estimate of drug-likeness (QED) is 0.551. The first-order chi connectivity index (χ1) is 11.9. The van der Waals surface area contributed by atoms with Gasteiger partial charge < -0.3 is 10.7 Å². The van der Waals surface area contributed by atoms with Crippen LogP contribution in [0.3, 0.4) is 0 Å². The average Bonchev–Trinajstić information content (AvgIpc) is 3.04. The summed E-state index contributed by atoms with van der Waals surface area (Å²) in [4.78, 5) is 3.61. The monoisotopic (exact) mass is 312 g/mol. The van der Waals surface area contributed by atoms with E-state index in [4.69, 9.17) is 5.73 Å². The fraction of sp³-hybridized carbons (Fsp3) is 0.0909. The SMILES string of the molecule is NC[C@@H](c1ccccc1)c1c(-c2ccccc2)[nH]c2ccccc12. The maximum absolute atomic E-state index is 6.22. The van der Waals surface area contributed by atoms with Crippen LogP contribution in [0.1, 0.15) is 17.0 Å². The summed E-state index contributed by atoms with van der Waals surface area (Å²) in [5, 5.41) is 1.25. The van der Waals surface area contributed by atoms with Crippen LogP contribution in [0, 0.1) is 0 Å². The second-order valence-electron chi connectivity index (χ2n) is 6.02. The van der Waals surface area contributed by atoms with Crippen LogP contribution >= 0.6 is 0 Å². The lowest BCUT2D eigenvalue weighted by Crippen LogP contribution is -2.14. The lowest BCUT2D eigenvalue weighted by Gasteiger charge is -2.17. The van der Waals surface area contributed by atoms with Crippen LogP contribution in [0.5, 0.6) is 0 Å². The Labute approximate surface area is 142 Å². The average molecular weight is 312 g/mol. The van der Waals surface area contributed by atoms with Gasteiger partial charge in [0, 0.05) is 23.4 Å². The normalized spacial score (nSPS) is 12.4. The molecule has 1 aromatic heterocycles. The smallest absolute Gasteiger partial charge is 0.0504 e. The minimum Gasteiger partial charge on any atom is -0.354 e. The van der Waals surface area contributed by atoms with Crippen LogP contribution in [0.2, 0.25) is 0 Å². The molecule has 24 heavy (non-hydrogen) atoms. The molecule has 0 aliphatic rings. The number of aromatic nitrogens is 1. The molecule has 3 N–H and O–H groups in total. The molecule has 0 aliphatic carbocycles. The van der Waals surface area contributed by atoms with Crippen molar-refractivity contribution < 1.29 is 0 Å². The van der Waals surface area contributed by atoms with Crippen molar-refractivity contribution in [3.05, 3.63) is 96.1 Å². The molecule has 3 aromatic carbocycles. The summed E-state index contributed by atoms with van der Waals surface area (Å²) < 4.78 is 0. The van der Waals surface area contributed by atoms with E-state index in [0.29, 0.717) is 6.54 Å². The first-order valence-corrected chi connectivity index (χ1v) is 8.29. The maximum atomic E-state index is 6.22. The summed E-state index contributed by atoms with van der Waals surface area (Å²) in [6.07, 6.45) is 0. The third-order valence-corrected chi connectivity index (χ3v) is 4.59. The van der Waals surface area contributed by atoms with Gasteiger partial charge in [-0.3, -0.25) is 0 Å². The number of hydrogen-bond donors (Lipinski definition) is 2. The van der Waals surface area contributed by atoms with E-state index in [1.165, 1.54) is 22.1 Å². The lowest BCUT2D eigenvalue weighted by molar-refractivity contribution is 0.827. The Kier molecular flexibility index (Phi) is 3.89. The van der Waals surface area contributed by atoms with E-state index < -0.39 is 0 Å². The molecule has 2 nitrogen and oxygen atoms in total. The van der Waals surface area contributed by atoms with Crippen LogP contribution in [-0.4, -0.2) is 11.5 Å². The molecule has 0 bridgehead atoms. The van der Waals surface area contributed by atoms with Crippen molar-refractivity contribution in [1.82, 2.24) is 4.98 Å². The number of hydrogen-bond acceptors (Lipinski definition) is 1. The van der Waals surface area contributed by atoms with Gasteiger partial charge in [-0.15, -0.1) is 0 Å². The highest BCUT2D eigenvalue weighted by Gasteiger charge is 2.21. The van der Waals surface area contributed by atoms with Gasteiger partial charge in [0.2, 0.25) is 0 Å². The first-order valence-electron chi connectivity index (χ1n) is 8.29. The van der Waals surface area contributed by atoms with E-state index in [-0.39, 0.29) is 5.92 Å². The van der Waals surface area contributed by atoms with Crippen LogP contribution in [0.15, 0.2) is 84.9 Å². The van der Waals surface area contributed by atoms with E-state index in [0.717, 1.165) is 11.2 Å². The van der Waals surface area contributed by atoms with Crippen LogP contribution in [0.4, 0.5) is 0 Å². The number of aromatic amines is 1. The Morgan fingerprint density at radius 2 is 1.38 bits per heavy atom. The molecular weight excluding hydrogens is 292 g/mol. The second-order valence-corrected chi connectivity index (χ2v) is 6.02. The molecule has 1 atom stereocenters. The van der Waals surface area contributed by atoms with Crippen LogP contribution in [0.25, 0.3) is 22.2 Å². The van der Waals surface area contributed by atoms with Crippen molar-refractivity contribution in [2.24, 2.45) is 5.73 Å². The molecule has 0 fully saturated rings. The molecule has 0 radical (unpaired) electrons. The van der Waals surface area contributed by atoms with Gasteiger partial charge >= 0.3 is 0 Å². The van der Waals surface area contributed by atoms with E-state index in [9.17, 15) is 0 Å². The van der Waals surface area contributed by atoms with E-state index in [1.54, 1.807) is 0 Å². The zero-order valence-corrected chi connectivity index (χ0v) is 13.4. The fourth-order valence-electron chi connectivity index (χ4n) is 3.46. The van der Waals surface area contributed by atoms with Gasteiger partial charge in [0.1, 0.15) is 0 Å². The molecule has 4 aromatic rings. The number of para-hydroxylation sites is 1. The van der Waals surface area contributed by atoms with Crippen molar-refractivity contribution in [2.75, 3.05) is 6.54 Å². The van der Waals surface area contributed by atoms with Gasteiger partial charge in [0.25, 0.3) is 0 Å². The molecular formula is C22H20N2. The molecule has 1 heterocycles. The summed E-state index contributed by atoms with van der Waals surface area (Å²) >= 11 is 0. The van der Waals surface area contributed by atoms with Crippen LogP contribution in [-0.2, 0) is 0 Å². The Balaban J connectivity index is 1.99. The zero-order valence-electron chi connectivity index (χ0n) is 13.4. The summed E-state index contributed by atoms with van der Waals surface area (Å²) in [5.41, 5.74) is 12.3. The number of H-pyrrole nitrogens is 1. The summed E-state index contributed by atoms with van der Waals surface area (Å²) in [6, 6.07) is 29.5. The first kappa shape index (κ1) is 14.7. The summed E-state index contributed by atoms with van der Waals surface area (Å²) in [6.45, 7) is 0.575. The molecule has 4 rings (SSSR count). The zero-order chi connectivity index (χ0) is 16.4. The molecule has 0 aliphatic heterocycles. The largest absolute Gasteiger partial charge is 0.354 e. The Morgan fingerprint density at radius 1 is 0.750 bits per heavy atom. The predicted octanol–water partition coefficient (Wildman–Crippen LogP) is 4.93. The summed E-state index contributed by atoms with van der Waals surface area (Å²) in [5.74, 6) is 0.164. The third kappa shape index (κ3) is 2.51. The lowest BCUT2D eigenvalue weighted by atomic mass is 9.87. The van der Waals surface area contributed by atoms with Crippen LogP contribution < -0.4 is 5.73 Å². The van der Waals surface area contributed by atoms with E-state index in [2.05, 4.69) is 77.8 Å². The summed E-state index contributed by atoms with van der Waals surface area (Å²) in [7, 11) is 0. The molecule has 0 amide bonds. The minimum absolute atomic E-state index is 0.164. The minimum atomic E-state index is 0.164. The molecule has 0 spiro atoms. The highest BCUT2D eigenvalue weighted by atomic mass is 14.7. The van der Waals surface area contributed by atoms with Gasteiger partial charge in [-0.25, -0.2) is 0 Å². The standard InChI is InChI=1S/C22H20N2/c23-15-19(16-9-3-1-4-10-16)21-18-13-7-8-14-20(18)24-22(21)17-11-5-2-6-12-17/h1-14,19,24H,15,23H2/t19-/m0/s1. The number of nitrogens with one attached hydrogen (secondary N) is 1. The fourth-order valence-corrected chi connectivity index (χ4v) is 3.46. The van der Waals surface area contributed by atoms with Crippen molar-refractivity contribution in [3.63, 3.8) is 0 Å². The number of nitrogens with two attached hydrogens (primary N) is 1. The van der Waals surface area contributed by atoms with Crippen molar-refractivity contribution in [2.45, 2.75) is 5.92 Å². The highest BCUT2D eigenvalue weighted by molar-refractivity contribution is 5.92. The molecule has 0 unspecified atom stereocenters. The highest BCUT2D eigenvalue weighted by Crippen LogP contribution is 2.38. The third-order valence-electron chi connectivity index (χ3n) is 4.59. The topological polar surface area (TPSA) is 41.8 Å². The second kappa shape index (κ2) is 6.34. The molecule has 0 saturated heterocycles. The maximum Gasteiger partial charge on any atom is 0.0504 e. The molecule has 0 saturated carbocycles. The van der Waals surface area contributed by atoms with Gasteiger partial charge in [-0.05, 0) is 22.8 Å². The van der Waals surface area contributed by atoms with Crippen molar-refractivity contribution in [1.29, 1.82) is 0 Å². The molecule has 2 heteroatoms. The van der Waals surface area contributed by atoms with E-state index in [1.807, 2.05) is 12.1 Å². The van der Waals surface area contributed by atoms with Crippen molar-refractivity contribution in [3.8, 4) is 11.3 Å². The predicted molar refractivity (Wildman–Crippen MR) is 101 cm³/mol. The van der Waals surface area contributed by atoms with Crippen molar-refractivity contribution >= 4 is 10.9 Å². The Hall–Kier alpha value is -2.84. The number of fused-ring (bicyclic) bond motifs is 1. The number of benzene rings is 3. The Bertz CT molecular complexity index is 940. The molecule has 118 valence electrons. The van der Waals surface area contributed by atoms with Gasteiger partial charge in [0.05, 0.1) is 5.69 Å². The van der Waals surface area contributed by atoms with Gasteiger partial charge in [0.15, 0.2) is 0 Å². The van der Waals surface area contributed by atoms with Gasteiger partial charge in [-0.1, -0.05) is 78.9 Å². The Morgan fingerprint density at radius 3 is 2.08 bits per heavy atom. The van der Waals surface area contributed by atoms with E-state index >= 15 is 0 Å². The van der Waals surface area contributed by atoms with Gasteiger partial charge in [-0.2, -0.15) is 0 Å². The number of rotatable bonds is 4.